The van der Waals surface area contributed by atoms with E-state index in [-0.39, 0.29) is 18.4 Å². The van der Waals surface area contributed by atoms with Crippen LogP contribution in [0, 0.1) is 0 Å². The van der Waals surface area contributed by atoms with E-state index in [1.165, 1.54) is 17.4 Å². The smallest absolute Gasteiger partial charge is 0.247 e. The van der Waals surface area contributed by atoms with E-state index < -0.39 is 0 Å². The monoisotopic (exact) mass is 366 g/mol. The topological polar surface area (TPSA) is 59.1 Å². The molecule has 0 aromatic heterocycles. The minimum atomic E-state index is -0.190. The Hall–Kier alpha value is -3.02. The van der Waals surface area contributed by atoms with Crippen molar-refractivity contribution in [3.05, 3.63) is 48.0 Å². The summed E-state index contributed by atoms with van der Waals surface area (Å²) in [5.74, 6) is 0.975. The number of fused-ring (bicyclic) bond motifs is 2. The molecule has 140 valence electrons. The van der Waals surface area contributed by atoms with Crippen LogP contribution < -0.4 is 19.3 Å². The normalized spacial score (nSPS) is 15.1. The quantitative estimate of drug-likeness (QED) is 0.838. The van der Waals surface area contributed by atoms with E-state index in [1.54, 1.807) is 23.1 Å². The van der Waals surface area contributed by atoms with Crippen molar-refractivity contribution in [2.75, 3.05) is 36.1 Å². The van der Waals surface area contributed by atoms with Crippen LogP contribution in [0.4, 0.5) is 11.4 Å². The van der Waals surface area contributed by atoms with Crippen molar-refractivity contribution in [2.45, 2.75) is 19.8 Å². The number of anilines is 2. The van der Waals surface area contributed by atoms with E-state index in [2.05, 4.69) is 6.07 Å². The number of nitrogens with zero attached hydrogens (tertiary/aromatic N) is 2. The molecule has 0 saturated heterocycles. The largest absolute Gasteiger partial charge is 0.486 e. The fourth-order valence-electron chi connectivity index (χ4n) is 3.60. The van der Waals surface area contributed by atoms with Crippen molar-refractivity contribution < 1.29 is 19.1 Å². The van der Waals surface area contributed by atoms with Crippen LogP contribution in [0.25, 0.3) is 0 Å². The number of rotatable bonds is 3. The van der Waals surface area contributed by atoms with Gasteiger partial charge >= 0.3 is 0 Å². The second kappa shape index (κ2) is 7.31. The molecule has 2 aromatic carbocycles. The van der Waals surface area contributed by atoms with Crippen molar-refractivity contribution >= 4 is 23.2 Å². The van der Waals surface area contributed by atoms with Crippen LogP contribution in [0.2, 0.25) is 0 Å². The Labute approximate surface area is 158 Å². The lowest BCUT2D eigenvalue weighted by Crippen LogP contribution is -2.44. The Morgan fingerprint density at radius 1 is 1.07 bits per heavy atom. The van der Waals surface area contributed by atoms with Crippen molar-refractivity contribution in [1.29, 1.82) is 0 Å². The molecule has 0 fully saturated rings. The van der Waals surface area contributed by atoms with Crippen LogP contribution >= 0.6 is 0 Å². The number of aryl methyl sites for hydroxylation is 1. The van der Waals surface area contributed by atoms with Crippen LogP contribution in [-0.4, -0.2) is 38.1 Å². The van der Waals surface area contributed by atoms with Gasteiger partial charge in [-0.3, -0.25) is 9.59 Å². The zero-order valence-corrected chi connectivity index (χ0v) is 15.3. The lowest BCUT2D eigenvalue weighted by molar-refractivity contribution is -0.121. The van der Waals surface area contributed by atoms with Crippen molar-refractivity contribution in [1.82, 2.24) is 0 Å². The zero-order chi connectivity index (χ0) is 18.8. The Morgan fingerprint density at radius 3 is 2.67 bits per heavy atom. The molecule has 0 radical (unpaired) electrons. The summed E-state index contributed by atoms with van der Waals surface area (Å²) in [6, 6.07) is 13.3. The van der Waals surface area contributed by atoms with Crippen molar-refractivity contribution in [2.24, 2.45) is 0 Å². The third kappa shape index (κ3) is 3.47. The maximum absolute atomic E-state index is 13.0. The fraction of sp³-hybridized carbons (Fsp3) is 0.333. The molecule has 2 aliphatic heterocycles. The molecular formula is C21H22N2O4. The number of ether oxygens (including phenoxy) is 2. The molecule has 0 bridgehead atoms. The van der Waals surface area contributed by atoms with Crippen LogP contribution in [0.3, 0.4) is 0 Å². The molecule has 6 heteroatoms. The van der Waals surface area contributed by atoms with Gasteiger partial charge in [-0.1, -0.05) is 18.2 Å². The highest BCUT2D eigenvalue weighted by atomic mass is 16.6. The predicted octanol–water partition coefficient (Wildman–Crippen LogP) is 2.79. The van der Waals surface area contributed by atoms with Crippen molar-refractivity contribution in [3.63, 3.8) is 0 Å². The molecule has 2 aliphatic rings. The summed E-state index contributed by atoms with van der Waals surface area (Å²) in [5, 5.41) is 0. The second-order valence-corrected chi connectivity index (χ2v) is 6.71. The number of benzene rings is 2. The summed E-state index contributed by atoms with van der Waals surface area (Å²) in [6.45, 7) is 3.11. The first-order valence-electron chi connectivity index (χ1n) is 9.19. The maximum atomic E-state index is 13.0. The summed E-state index contributed by atoms with van der Waals surface area (Å²) in [5.41, 5.74) is 2.75. The summed E-state index contributed by atoms with van der Waals surface area (Å²) < 4.78 is 11.1. The molecule has 2 heterocycles. The Balaban J connectivity index is 1.58. The molecule has 0 N–H and O–H groups in total. The van der Waals surface area contributed by atoms with Gasteiger partial charge in [-0.05, 0) is 36.6 Å². The van der Waals surface area contributed by atoms with Gasteiger partial charge in [0.2, 0.25) is 11.8 Å². The summed E-state index contributed by atoms with van der Waals surface area (Å²) in [4.78, 5) is 28.5. The molecule has 2 aromatic rings. The van der Waals surface area contributed by atoms with Crippen molar-refractivity contribution in [3.8, 4) is 11.5 Å². The average molecular weight is 366 g/mol. The van der Waals surface area contributed by atoms with E-state index in [0.717, 1.165) is 18.5 Å². The number of hydrogen-bond acceptors (Lipinski definition) is 4. The molecule has 0 saturated carbocycles. The average Bonchev–Trinajstić information content (AvgIpc) is 2.70. The van der Waals surface area contributed by atoms with E-state index in [1.807, 2.05) is 18.2 Å². The second-order valence-electron chi connectivity index (χ2n) is 6.71. The van der Waals surface area contributed by atoms with E-state index in [0.29, 0.717) is 36.9 Å². The lowest BCUT2D eigenvalue weighted by Gasteiger charge is -2.32. The molecule has 4 rings (SSSR count). The summed E-state index contributed by atoms with van der Waals surface area (Å²) >= 11 is 0. The Bertz CT molecular complexity index is 880. The maximum Gasteiger partial charge on any atom is 0.247 e. The number of para-hydroxylation sites is 1. The standard InChI is InChI=1S/C21H22N2O4/c1-15(24)23(17-8-9-19-20(13-17)27-12-11-26-19)14-21(25)22-10-4-6-16-5-2-3-7-18(16)22/h2-3,5,7-9,13H,4,6,10-12,14H2,1H3. The van der Waals surface area contributed by atoms with Gasteiger partial charge in [0, 0.05) is 30.9 Å². The highest BCUT2D eigenvalue weighted by molar-refractivity contribution is 6.03. The van der Waals surface area contributed by atoms with Crippen LogP contribution in [0.1, 0.15) is 18.9 Å². The number of carbonyl (C=O) groups is 2. The first kappa shape index (κ1) is 17.4. The third-order valence-electron chi connectivity index (χ3n) is 4.92. The van der Waals surface area contributed by atoms with Gasteiger partial charge in [-0.2, -0.15) is 0 Å². The molecular weight excluding hydrogens is 344 g/mol. The summed E-state index contributed by atoms with van der Waals surface area (Å²) in [7, 11) is 0. The Morgan fingerprint density at radius 2 is 1.85 bits per heavy atom. The van der Waals surface area contributed by atoms with Gasteiger partial charge in [-0.25, -0.2) is 0 Å². The minimum absolute atomic E-state index is 0.0106. The molecule has 0 atom stereocenters. The van der Waals surface area contributed by atoms with E-state index >= 15 is 0 Å². The SMILES string of the molecule is CC(=O)N(CC(=O)N1CCCc2ccccc21)c1ccc2c(c1)OCCO2. The number of amides is 2. The van der Waals surface area contributed by atoms with Gasteiger partial charge in [0.25, 0.3) is 0 Å². The van der Waals surface area contributed by atoms with Gasteiger partial charge < -0.3 is 19.3 Å². The molecule has 0 spiro atoms. The van der Waals surface area contributed by atoms with E-state index in [4.69, 9.17) is 9.47 Å². The fourth-order valence-corrected chi connectivity index (χ4v) is 3.60. The summed E-state index contributed by atoms with van der Waals surface area (Å²) in [6.07, 6.45) is 1.89. The first-order chi connectivity index (χ1) is 13.1. The Kier molecular flexibility index (Phi) is 4.71. The molecule has 0 aliphatic carbocycles. The predicted molar refractivity (Wildman–Crippen MR) is 103 cm³/mol. The van der Waals surface area contributed by atoms with Crippen LogP contribution in [0.5, 0.6) is 11.5 Å². The zero-order valence-electron chi connectivity index (χ0n) is 15.3. The van der Waals surface area contributed by atoms with Gasteiger partial charge in [-0.15, -0.1) is 0 Å². The molecule has 0 unspecified atom stereocenters. The molecule has 6 nitrogen and oxygen atoms in total. The van der Waals surface area contributed by atoms with Gasteiger partial charge in [0.1, 0.15) is 19.8 Å². The highest BCUT2D eigenvalue weighted by Crippen LogP contribution is 2.34. The highest BCUT2D eigenvalue weighted by Gasteiger charge is 2.26. The lowest BCUT2D eigenvalue weighted by atomic mass is 10.0. The minimum Gasteiger partial charge on any atom is -0.486 e. The van der Waals surface area contributed by atoms with E-state index in [9.17, 15) is 9.59 Å². The molecule has 2 amide bonds. The van der Waals surface area contributed by atoms with Gasteiger partial charge in [0.15, 0.2) is 11.5 Å². The first-order valence-corrected chi connectivity index (χ1v) is 9.19. The van der Waals surface area contributed by atoms with Crippen LogP contribution in [0.15, 0.2) is 42.5 Å². The number of hydrogen-bond donors (Lipinski definition) is 0. The number of carbonyl (C=O) groups excluding carboxylic acids is 2. The third-order valence-corrected chi connectivity index (χ3v) is 4.92. The van der Waals surface area contributed by atoms with Gasteiger partial charge in [0.05, 0.1) is 0 Å². The van der Waals surface area contributed by atoms with Crippen LogP contribution in [-0.2, 0) is 16.0 Å². The molecule has 27 heavy (non-hydrogen) atoms.